The van der Waals surface area contributed by atoms with Gasteiger partial charge in [0.15, 0.2) is 0 Å². The number of carbonyl (C=O) groups excluding carboxylic acids is 3. The van der Waals surface area contributed by atoms with Gasteiger partial charge < -0.3 is 10.2 Å². The first-order chi connectivity index (χ1) is 10.1. The molecule has 1 aliphatic rings. The molecule has 1 aromatic rings. The third-order valence-corrected chi connectivity index (χ3v) is 4.63. The van der Waals surface area contributed by atoms with E-state index in [1.165, 1.54) is 4.90 Å². The van der Waals surface area contributed by atoms with E-state index in [0.717, 1.165) is 15.6 Å². The number of aromatic nitrogens is 1. The summed E-state index contributed by atoms with van der Waals surface area (Å²) in [6.45, 7) is 8.77. The van der Waals surface area contributed by atoms with Gasteiger partial charge in [0.25, 0.3) is 5.91 Å². The summed E-state index contributed by atoms with van der Waals surface area (Å²) in [6, 6.07) is -0.791. The number of amides is 4. The largest absolute Gasteiger partial charge is 0.346 e. The van der Waals surface area contributed by atoms with Gasteiger partial charge in [0.1, 0.15) is 12.1 Å². The van der Waals surface area contributed by atoms with E-state index in [4.69, 9.17) is 0 Å². The van der Waals surface area contributed by atoms with Crippen LogP contribution < -0.4 is 10.6 Å². The van der Waals surface area contributed by atoms with E-state index in [2.05, 4.69) is 15.6 Å². The molecule has 7 nitrogen and oxygen atoms in total. The lowest BCUT2D eigenvalue weighted by atomic mass is 10.0. The van der Waals surface area contributed by atoms with E-state index < -0.39 is 17.5 Å². The van der Waals surface area contributed by atoms with Crippen molar-refractivity contribution in [2.75, 3.05) is 6.54 Å². The topological polar surface area (TPSA) is 91.4 Å². The van der Waals surface area contributed by atoms with Gasteiger partial charge in [-0.2, -0.15) is 0 Å². The van der Waals surface area contributed by atoms with Crippen LogP contribution >= 0.6 is 11.3 Å². The molecule has 2 heterocycles. The van der Waals surface area contributed by atoms with Gasteiger partial charge in [0.05, 0.1) is 16.7 Å². The van der Waals surface area contributed by atoms with Crippen molar-refractivity contribution in [2.45, 2.75) is 46.2 Å². The number of thiazole rings is 1. The Bertz CT molecular complexity index is 638. The summed E-state index contributed by atoms with van der Waals surface area (Å²) in [5.74, 6) is -0.722. The molecule has 2 rings (SSSR count). The summed E-state index contributed by atoms with van der Waals surface area (Å²) >= 11 is 1.58. The Hall–Kier alpha value is -1.96. The minimum Gasteiger partial charge on any atom is -0.346 e. The molecule has 1 saturated heterocycles. The lowest BCUT2D eigenvalue weighted by molar-refractivity contribution is -0.127. The molecular formula is C14H20N4O3S. The van der Waals surface area contributed by atoms with Crippen molar-refractivity contribution in [2.24, 2.45) is 0 Å². The Balaban J connectivity index is 2.03. The second-order valence-corrected chi connectivity index (χ2v) is 7.28. The molecule has 0 radical (unpaired) electrons. The molecule has 1 aliphatic heterocycles. The number of aryl methyl sites for hydroxylation is 2. The Labute approximate surface area is 133 Å². The van der Waals surface area contributed by atoms with Crippen molar-refractivity contribution < 1.29 is 14.4 Å². The van der Waals surface area contributed by atoms with E-state index in [1.807, 2.05) is 20.8 Å². The molecule has 0 saturated carbocycles. The molecule has 4 amide bonds. The van der Waals surface area contributed by atoms with Gasteiger partial charge in [-0.15, -0.1) is 11.3 Å². The number of nitrogens with zero attached hydrogens (tertiary/aromatic N) is 2. The van der Waals surface area contributed by atoms with Crippen LogP contribution in [0.15, 0.2) is 0 Å². The number of rotatable bonds is 4. The van der Waals surface area contributed by atoms with Crippen LogP contribution in [0.5, 0.6) is 0 Å². The van der Waals surface area contributed by atoms with Crippen molar-refractivity contribution in [3.05, 3.63) is 15.6 Å². The van der Waals surface area contributed by atoms with Crippen LogP contribution in [0.3, 0.4) is 0 Å². The van der Waals surface area contributed by atoms with Gasteiger partial charge in [-0.1, -0.05) is 0 Å². The lowest BCUT2D eigenvalue weighted by Gasteiger charge is -2.27. The Morgan fingerprint density at radius 1 is 1.41 bits per heavy atom. The maximum absolute atomic E-state index is 12.2. The van der Waals surface area contributed by atoms with Crippen LogP contribution in [0.2, 0.25) is 0 Å². The first kappa shape index (κ1) is 16.4. The van der Waals surface area contributed by atoms with Crippen molar-refractivity contribution in [1.82, 2.24) is 20.5 Å². The quantitative estimate of drug-likeness (QED) is 0.816. The highest BCUT2D eigenvalue weighted by molar-refractivity contribution is 7.11. The molecule has 22 heavy (non-hydrogen) atoms. The summed E-state index contributed by atoms with van der Waals surface area (Å²) in [6.07, 6.45) is 0. The normalized spacial score (nSPS) is 18.3. The summed E-state index contributed by atoms with van der Waals surface area (Å²) in [5, 5.41) is 5.98. The van der Waals surface area contributed by atoms with Crippen molar-refractivity contribution in [3.63, 3.8) is 0 Å². The lowest BCUT2D eigenvalue weighted by Crippen LogP contribution is -2.49. The average Bonchev–Trinajstić information content (AvgIpc) is 2.82. The zero-order valence-electron chi connectivity index (χ0n) is 13.3. The van der Waals surface area contributed by atoms with Gasteiger partial charge in [-0.3, -0.25) is 14.9 Å². The van der Waals surface area contributed by atoms with E-state index in [9.17, 15) is 14.4 Å². The Kier molecular flexibility index (Phi) is 4.23. The molecule has 120 valence electrons. The van der Waals surface area contributed by atoms with Gasteiger partial charge in [0, 0.05) is 4.88 Å². The van der Waals surface area contributed by atoms with Crippen LogP contribution in [0.25, 0.3) is 0 Å². The number of nitrogens with one attached hydrogen (secondary N) is 2. The predicted molar refractivity (Wildman–Crippen MR) is 82.5 cm³/mol. The molecule has 0 aliphatic carbocycles. The zero-order chi connectivity index (χ0) is 16.7. The second-order valence-electron chi connectivity index (χ2n) is 5.87. The number of urea groups is 1. The SMILES string of the molecule is Cc1nc([C@@H](C)NC(=O)CN2C(=O)NC(=O)C2(C)C)c(C)s1. The second kappa shape index (κ2) is 5.68. The monoisotopic (exact) mass is 324 g/mol. The van der Waals surface area contributed by atoms with Crippen LogP contribution in [-0.4, -0.2) is 39.8 Å². The standard InChI is InChI=1S/C14H20N4O3S/c1-7(11-8(2)22-9(3)16-11)15-10(19)6-18-13(21)17-12(20)14(18,4)5/h7H,6H2,1-5H3,(H,15,19)(H,17,20,21)/t7-/m1/s1. The van der Waals surface area contributed by atoms with E-state index >= 15 is 0 Å². The van der Waals surface area contributed by atoms with Gasteiger partial charge in [0.2, 0.25) is 5.91 Å². The summed E-state index contributed by atoms with van der Waals surface area (Å²) in [7, 11) is 0. The molecule has 0 unspecified atom stereocenters. The fraction of sp³-hybridized carbons (Fsp3) is 0.571. The highest BCUT2D eigenvalue weighted by atomic mass is 32.1. The third kappa shape index (κ3) is 2.96. The maximum Gasteiger partial charge on any atom is 0.325 e. The molecule has 0 bridgehead atoms. The molecule has 0 aromatic carbocycles. The molecule has 1 atom stereocenters. The van der Waals surface area contributed by atoms with Gasteiger partial charge >= 0.3 is 6.03 Å². The minimum absolute atomic E-state index is 0.170. The third-order valence-electron chi connectivity index (χ3n) is 3.72. The first-order valence-corrected chi connectivity index (χ1v) is 7.81. The Morgan fingerprint density at radius 3 is 2.50 bits per heavy atom. The van der Waals surface area contributed by atoms with Crippen molar-refractivity contribution in [3.8, 4) is 0 Å². The molecular weight excluding hydrogens is 304 g/mol. The van der Waals surface area contributed by atoms with E-state index in [-0.39, 0.29) is 18.5 Å². The smallest absolute Gasteiger partial charge is 0.325 e. The number of hydrogen-bond donors (Lipinski definition) is 2. The number of hydrogen-bond acceptors (Lipinski definition) is 5. The minimum atomic E-state index is -1.02. The van der Waals surface area contributed by atoms with Crippen molar-refractivity contribution in [1.29, 1.82) is 0 Å². The van der Waals surface area contributed by atoms with Gasteiger partial charge in [-0.05, 0) is 34.6 Å². The summed E-state index contributed by atoms with van der Waals surface area (Å²) in [4.78, 5) is 42.3. The maximum atomic E-state index is 12.2. The fourth-order valence-corrected chi connectivity index (χ4v) is 3.32. The first-order valence-electron chi connectivity index (χ1n) is 6.99. The highest BCUT2D eigenvalue weighted by Crippen LogP contribution is 2.23. The van der Waals surface area contributed by atoms with Crippen LogP contribution in [0.1, 0.15) is 42.4 Å². The summed E-state index contributed by atoms with van der Waals surface area (Å²) in [5.41, 5.74) is -0.192. The average molecular weight is 324 g/mol. The fourth-order valence-electron chi connectivity index (χ4n) is 2.41. The number of imide groups is 1. The molecule has 1 aromatic heterocycles. The molecule has 2 N–H and O–H groups in total. The highest BCUT2D eigenvalue weighted by Gasteiger charge is 2.46. The zero-order valence-corrected chi connectivity index (χ0v) is 14.1. The summed E-state index contributed by atoms with van der Waals surface area (Å²) < 4.78 is 0. The molecule has 0 spiro atoms. The van der Waals surface area contributed by atoms with Gasteiger partial charge in [-0.25, -0.2) is 9.78 Å². The van der Waals surface area contributed by atoms with E-state index in [0.29, 0.717) is 0 Å². The molecule has 8 heteroatoms. The predicted octanol–water partition coefficient (Wildman–Crippen LogP) is 1.27. The number of carbonyl (C=O) groups is 3. The van der Waals surface area contributed by atoms with Crippen LogP contribution in [0, 0.1) is 13.8 Å². The van der Waals surface area contributed by atoms with Crippen LogP contribution in [0.4, 0.5) is 4.79 Å². The molecule has 1 fully saturated rings. The van der Waals surface area contributed by atoms with Crippen LogP contribution in [-0.2, 0) is 9.59 Å². The van der Waals surface area contributed by atoms with Crippen molar-refractivity contribution >= 4 is 29.2 Å². The Morgan fingerprint density at radius 2 is 2.05 bits per heavy atom. The van der Waals surface area contributed by atoms with E-state index in [1.54, 1.807) is 25.2 Å².